The summed E-state index contributed by atoms with van der Waals surface area (Å²) in [6, 6.07) is 15.2. The van der Waals surface area contributed by atoms with E-state index in [0.29, 0.717) is 18.5 Å². The highest BCUT2D eigenvalue weighted by atomic mass is 16.2. The topological polar surface area (TPSA) is 37.4 Å². The first-order valence-corrected chi connectivity index (χ1v) is 7.85. The number of Topliss-reactive ketones (excluding diaryl/α,β-unsaturated/α-hetero) is 1. The van der Waals surface area contributed by atoms with Crippen LogP contribution in [0.4, 0.5) is 0 Å². The first-order chi connectivity index (χ1) is 11.2. The van der Waals surface area contributed by atoms with E-state index in [2.05, 4.69) is 6.58 Å². The maximum Gasteiger partial charge on any atom is 0.255 e. The van der Waals surface area contributed by atoms with Crippen LogP contribution in [0.2, 0.25) is 0 Å². The summed E-state index contributed by atoms with van der Waals surface area (Å²) in [5, 5.41) is 0. The van der Waals surface area contributed by atoms with Crippen LogP contribution in [0, 0.1) is 5.92 Å². The van der Waals surface area contributed by atoms with E-state index in [9.17, 15) is 9.59 Å². The number of carbonyl (C=O) groups is 2. The smallest absolute Gasteiger partial charge is 0.255 e. The molecule has 0 aromatic heterocycles. The summed E-state index contributed by atoms with van der Waals surface area (Å²) in [5.74, 6) is -0.0710. The Morgan fingerprint density at radius 3 is 2.48 bits per heavy atom. The summed E-state index contributed by atoms with van der Waals surface area (Å²) in [6.07, 6.45) is 2.41. The molecule has 0 spiro atoms. The Bertz CT molecular complexity index is 824. The average molecular weight is 303 g/mol. The molecule has 0 fully saturated rings. The molecule has 1 amide bonds. The Hall–Kier alpha value is -2.68. The van der Waals surface area contributed by atoms with Gasteiger partial charge >= 0.3 is 0 Å². The first kappa shape index (κ1) is 13.9. The fraction of sp³-hybridized carbons (Fsp3) is 0.200. The Balaban J connectivity index is 1.80. The van der Waals surface area contributed by atoms with Gasteiger partial charge in [-0.15, -0.1) is 6.58 Å². The second-order valence-electron chi connectivity index (χ2n) is 6.11. The number of carbonyl (C=O) groups excluding carboxylic acids is 2. The Kier molecular flexibility index (Phi) is 3.15. The molecule has 1 aliphatic carbocycles. The third-order valence-electron chi connectivity index (χ3n) is 4.87. The largest absolute Gasteiger partial charge is 0.327 e. The molecule has 0 N–H and O–H groups in total. The van der Waals surface area contributed by atoms with Crippen LogP contribution in [-0.4, -0.2) is 23.1 Å². The summed E-state index contributed by atoms with van der Waals surface area (Å²) in [7, 11) is 0. The van der Waals surface area contributed by atoms with E-state index >= 15 is 0 Å². The summed E-state index contributed by atoms with van der Waals surface area (Å²) in [6.45, 7) is 4.22. The van der Waals surface area contributed by atoms with Crippen LogP contribution < -0.4 is 0 Å². The van der Waals surface area contributed by atoms with Crippen LogP contribution in [0.25, 0.3) is 0 Å². The van der Waals surface area contributed by atoms with Crippen molar-refractivity contribution in [3.8, 4) is 0 Å². The summed E-state index contributed by atoms with van der Waals surface area (Å²) < 4.78 is 0. The van der Waals surface area contributed by atoms with Gasteiger partial charge in [-0.2, -0.15) is 0 Å². The minimum atomic E-state index is -0.208. The van der Waals surface area contributed by atoms with Crippen LogP contribution in [0.5, 0.6) is 0 Å². The third-order valence-corrected chi connectivity index (χ3v) is 4.87. The van der Waals surface area contributed by atoms with Gasteiger partial charge in [-0.1, -0.05) is 48.5 Å². The van der Waals surface area contributed by atoms with E-state index in [1.165, 1.54) is 0 Å². The number of benzene rings is 2. The van der Waals surface area contributed by atoms with Crippen molar-refractivity contribution < 1.29 is 9.59 Å². The highest BCUT2D eigenvalue weighted by Crippen LogP contribution is 2.44. The average Bonchev–Trinajstić information content (AvgIpc) is 3.05. The van der Waals surface area contributed by atoms with Gasteiger partial charge in [0.25, 0.3) is 5.91 Å². The maximum atomic E-state index is 12.9. The molecule has 2 aromatic rings. The monoisotopic (exact) mass is 303 g/mol. The molecule has 2 atom stereocenters. The normalized spacial score (nSPS) is 22.2. The zero-order valence-corrected chi connectivity index (χ0v) is 12.7. The molecular formula is C20H17NO2. The molecule has 4 rings (SSSR count). The number of nitrogens with zero attached hydrogens (tertiary/aromatic N) is 1. The zero-order valence-electron chi connectivity index (χ0n) is 12.7. The van der Waals surface area contributed by atoms with E-state index in [0.717, 1.165) is 16.7 Å². The van der Waals surface area contributed by atoms with Crippen LogP contribution in [0.3, 0.4) is 0 Å². The fourth-order valence-corrected chi connectivity index (χ4v) is 3.89. The molecular weight excluding hydrogens is 286 g/mol. The molecule has 114 valence electrons. The van der Waals surface area contributed by atoms with Gasteiger partial charge in [0.2, 0.25) is 0 Å². The Labute approximate surface area is 135 Å². The van der Waals surface area contributed by atoms with Gasteiger partial charge in [-0.3, -0.25) is 9.59 Å². The molecule has 1 heterocycles. The predicted molar refractivity (Wildman–Crippen MR) is 88.4 cm³/mol. The fourth-order valence-electron chi connectivity index (χ4n) is 3.89. The molecule has 0 saturated carbocycles. The van der Waals surface area contributed by atoms with Gasteiger partial charge in [0.05, 0.1) is 12.0 Å². The van der Waals surface area contributed by atoms with Crippen molar-refractivity contribution in [2.75, 3.05) is 6.54 Å². The van der Waals surface area contributed by atoms with Gasteiger partial charge in [0, 0.05) is 17.7 Å². The summed E-state index contributed by atoms with van der Waals surface area (Å²) in [5.41, 5.74) is 3.55. The molecule has 2 unspecified atom stereocenters. The molecule has 2 aromatic carbocycles. The predicted octanol–water partition coefficient (Wildman–Crippen LogP) is 3.42. The highest BCUT2D eigenvalue weighted by molar-refractivity contribution is 6.05. The van der Waals surface area contributed by atoms with Gasteiger partial charge in [0.1, 0.15) is 0 Å². The van der Waals surface area contributed by atoms with Crippen molar-refractivity contribution >= 4 is 11.7 Å². The van der Waals surface area contributed by atoms with Crippen molar-refractivity contribution in [1.29, 1.82) is 0 Å². The van der Waals surface area contributed by atoms with Gasteiger partial charge in [-0.05, 0) is 23.6 Å². The zero-order chi connectivity index (χ0) is 16.0. The molecule has 0 saturated heterocycles. The van der Waals surface area contributed by atoms with Gasteiger partial charge in [0.15, 0.2) is 5.78 Å². The van der Waals surface area contributed by atoms with Gasteiger partial charge in [-0.25, -0.2) is 0 Å². The van der Waals surface area contributed by atoms with E-state index in [1.54, 1.807) is 11.0 Å². The van der Waals surface area contributed by atoms with Crippen LogP contribution >= 0.6 is 0 Å². The minimum Gasteiger partial charge on any atom is -0.327 e. The molecule has 0 radical (unpaired) electrons. The number of hydrogen-bond donors (Lipinski definition) is 0. The Morgan fingerprint density at radius 1 is 1.04 bits per heavy atom. The first-order valence-electron chi connectivity index (χ1n) is 7.85. The van der Waals surface area contributed by atoms with E-state index in [-0.39, 0.29) is 23.7 Å². The van der Waals surface area contributed by atoms with Crippen molar-refractivity contribution in [3.63, 3.8) is 0 Å². The Morgan fingerprint density at radius 2 is 1.74 bits per heavy atom. The van der Waals surface area contributed by atoms with E-state index < -0.39 is 0 Å². The van der Waals surface area contributed by atoms with Crippen molar-refractivity contribution in [2.45, 2.75) is 12.5 Å². The third kappa shape index (κ3) is 1.96. The molecule has 0 bridgehead atoms. The van der Waals surface area contributed by atoms with Crippen molar-refractivity contribution in [2.24, 2.45) is 5.92 Å². The number of amides is 1. The van der Waals surface area contributed by atoms with Crippen LogP contribution in [0.1, 0.15) is 37.9 Å². The maximum absolute atomic E-state index is 12.9. The van der Waals surface area contributed by atoms with Crippen LogP contribution in [0.15, 0.2) is 61.2 Å². The van der Waals surface area contributed by atoms with E-state index in [4.69, 9.17) is 0 Å². The highest BCUT2D eigenvalue weighted by Gasteiger charge is 2.45. The second kappa shape index (κ2) is 5.20. The standard InChI is InChI=1S/C20H17NO2/c1-2-11-21-18(15-9-5-6-10-16(15)20(21)23)17-12-13-7-3-4-8-14(13)19(17)22/h2-10,17-18H,1,11-12H2. The molecule has 1 aliphatic heterocycles. The number of fused-ring (bicyclic) bond motifs is 2. The SMILES string of the molecule is C=CCN1C(=O)c2ccccc2C1C1Cc2ccccc2C1=O. The quantitative estimate of drug-likeness (QED) is 0.815. The number of hydrogen-bond acceptors (Lipinski definition) is 2. The molecule has 3 nitrogen and oxygen atoms in total. The summed E-state index contributed by atoms with van der Waals surface area (Å²) >= 11 is 0. The minimum absolute atomic E-state index is 0.00532. The lowest BCUT2D eigenvalue weighted by molar-refractivity contribution is 0.0663. The number of rotatable bonds is 3. The lowest BCUT2D eigenvalue weighted by atomic mass is 9.89. The molecule has 23 heavy (non-hydrogen) atoms. The van der Waals surface area contributed by atoms with E-state index in [1.807, 2.05) is 48.5 Å². The lowest BCUT2D eigenvalue weighted by Crippen LogP contribution is -2.34. The van der Waals surface area contributed by atoms with Gasteiger partial charge < -0.3 is 4.90 Å². The number of ketones is 1. The second-order valence-corrected chi connectivity index (χ2v) is 6.11. The summed E-state index contributed by atoms with van der Waals surface area (Å²) in [4.78, 5) is 27.4. The van der Waals surface area contributed by atoms with Crippen LogP contribution in [-0.2, 0) is 6.42 Å². The molecule has 3 heteroatoms. The lowest BCUT2D eigenvalue weighted by Gasteiger charge is -2.28. The molecule has 2 aliphatic rings. The van der Waals surface area contributed by atoms with Crippen molar-refractivity contribution in [3.05, 3.63) is 83.4 Å². The van der Waals surface area contributed by atoms with Crippen molar-refractivity contribution in [1.82, 2.24) is 4.90 Å².